The molecule has 0 aliphatic heterocycles. The van der Waals surface area contributed by atoms with Crippen molar-refractivity contribution < 1.29 is 18.4 Å². The van der Waals surface area contributed by atoms with Crippen LogP contribution >= 0.6 is 0 Å². The van der Waals surface area contributed by atoms with Gasteiger partial charge >= 0.3 is 6.18 Å². The van der Waals surface area contributed by atoms with E-state index >= 15 is 0 Å². The Morgan fingerprint density at radius 2 is 2.05 bits per heavy atom. The van der Waals surface area contributed by atoms with Gasteiger partial charge in [0.15, 0.2) is 5.84 Å². The molecule has 0 bridgehead atoms. The molecule has 22 heavy (non-hydrogen) atoms. The van der Waals surface area contributed by atoms with Crippen LogP contribution in [0.15, 0.2) is 23.4 Å². The minimum absolute atomic E-state index is 0.0614. The van der Waals surface area contributed by atoms with Gasteiger partial charge < -0.3 is 15.5 Å². The van der Waals surface area contributed by atoms with Crippen molar-refractivity contribution >= 4 is 16.7 Å². The second-order valence-corrected chi connectivity index (χ2v) is 5.24. The summed E-state index contributed by atoms with van der Waals surface area (Å²) in [5.41, 5.74) is 6.29. The summed E-state index contributed by atoms with van der Waals surface area (Å²) in [6.07, 6.45) is -4.13. The third-order valence-corrected chi connectivity index (χ3v) is 3.90. The molecule has 1 aromatic heterocycles. The first-order chi connectivity index (χ1) is 10.2. The molecule has 0 saturated heterocycles. The van der Waals surface area contributed by atoms with Crippen molar-refractivity contribution in [2.24, 2.45) is 10.9 Å². The van der Waals surface area contributed by atoms with E-state index in [9.17, 15) is 13.2 Å². The molecule has 120 valence electrons. The van der Waals surface area contributed by atoms with E-state index in [1.54, 1.807) is 31.4 Å². The summed E-state index contributed by atoms with van der Waals surface area (Å²) >= 11 is 0. The Morgan fingerprint density at radius 3 is 2.55 bits per heavy atom. The molecular formula is C15H18F3N3O. The van der Waals surface area contributed by atoms with Crippen molar-refractivity contribution in [1.29, 1.82) is 0 Å². The maximum absolute atomic E-state index is 13.4. The zero-order chi connectivity index (χ0) is 16.7. The molecule has 1 heterocycles. The molecule has 4 nitrogen and oxygen atoms in total. The van der Waals surface area contributed by atoms with E-state index in [1.807, 2.05) is 0 Å². The molecule has 2 aromatic rings. The van der Waals surface area contributed by atoms with Gasteiger partial charge in [-0.15, -0.1) is 0 Å². The highest BCUT2D eigenvalue weighted by Crippen LogP contribution is 2.39. The molecule has 0 saturated carbocycles. The minimum atomic E-state index is -4.43. The second-order valence-electron chi connectivity index (χ2n) is 5.24. The second kappa shape index (κ2) is 5.55. The number of amidine groups is 1. The fourth-order valence-electron chi connectivity index (χ4n) is 2.84. The number of oxime groups is 1. The fourth-order valence-corrected chi connectivity index (χ4v) is 2.84. The van der Waals surface area contributed by atoms with Crippen LogP contribution in [-0.2, 0) is 12.6 Å². The van der Waals surface area contributed by atoms with Crippen LogP contribution in [0.3, 0.4) is 0 Å². The first kappa shape index (κ1) is 16.2. The lowest BCUT2D eigenvalue weighted by Crippen LogP contribution is -2.25. The first-order valence-electron chi connectivity index (χ1n) is 6.90. The van der Waals surface area contributed by atoms with Gasteiger partial charge in [0.2, 0.25) is 0 Å². The molecule has 0 spiro atoms. The lowest BCUT2D eigenvalue weighted by molar-refractivity contribution is -0.136. The number of benzene rings is 1. The van der Waals surface area contributed by atoms with E-state index < -0.39 is 17.8 Å². The topological polar surface area (TPSA) is 63.5 Å². The van der Waals surface area contributed by atoms with Crippen molar-refractivity contribution in [3.05, 3.63) is 35.0 Å². The van der Waals surface area contributed by atoms with Crippen LogP contribution in [0.4, 0.5) is 13.2 Å². The number of hydrogen-bond acceptors (Lipinski definition) is 2. The van der Waals surface area contributed by atoms with Crippen LogP contribution in [0, 0.1) is 6.92 Å². The molecule has 1 aromatic carbocycles. The summed E-state index contributed by atoms with van der Waals surface area (Å²) in [6, 6.07) is 4.09. The van der Waals surface area contributed by atoms with Crippen LogP contribution in [0.5, 0.6) is 0 Å². The molecule has 2 rings (SSSR count). The van der Waals surface area contributed by atoms with Crippen molar-refractivity contribution in [3.8, 4) is 0 Å². The van der Waals surface area contributed by atoms with Gasteiger partial charge in [-0.2, -0.15) is 13.2 Å². The number of hydrogen-bond donors (Lipinski definition) is 2. The van der Waals surface area contributed by atoms with Gasteiger partial charge in [0.25, 0.3) is 0 Å². The molecular weight excluding hydrogens is 295 g/mol. The maximum atomic E-state index is 13.4. The first-order valence-corrected chi connectivity index (χ1v) is 6.90. The number of nitrogens with zero attached hydrogens (tertiary/aromatic N) is 2. The number of aryl methyl sites for hydroxylation is 2. The Morgan fingerprint density at radius 1 is 1.41 bits per heavy atom. The van der Waals surface area contributed by atoms with E-state index in [1.165, 1.54) is 12.1 Å². The van der Waals surface area contributed by atoms with Crippen molar-refractivity contribution in [2.45, 2.75) is 39.4 Å². The summed E-state index contributed by atoms with van der Waals surface area (Å²) < 4.78 is 41.9. The maximum Gasteiger partial charge on any atom is 0.417 e. The number of aromatic nitrogens is 1. The lowest BCUT2D eigenvalue weighted by Gasteiger charge is -2.18. The van der Waals surface area contributed by atoms with E-state index in [-0.39, 0.29) is 16.8 Å². The fraction of sp³-hybridized carbons (Fsp3) is 0.400. The summed E-state index contributed by atoms with van der Waals surface area (Å²) in [6.45, 7) is 5.06. The van der Waals surface area contributed by atoms with Gasteiger partial charge in [-0.1, -0.05) is 18.1 Å². The highest BCUT2D eigenvalue weighted by atomic mass is 19.4. The van der Waals surface area contributed by atoms with Crippen LogP contribution in [0.25, 0.3) is 10.9 Å². The number of fused-ring (bicyclic) bond motifs is 1. The average molecular weight is 313 g/mol. The Labute approximate surface area is 126 Å². The number of rotatable bonds is 3. The van der Waals surface area contributed by atoms with Gasteiger partial charge in [0.05, 0.1) is 11.6 Å². The van der Waals surface area contributed by atoms with E-state index in [0.29, 0.717) is 17.6 Å². The summed E-state index contributed by atoms with van der Waals surface area (Å²) in [5.74, 6) is -0.0614. The Kier molecular flexibility index (Phi) is 4.08. The molecule has 0 aliphatic rings. The molecule has 1 atom stereocenters. The van der Waals surface area contributed by atoms with Crippen molar-refractivity contribution in [3.63, 3.8) is 0 Å². The van der Waals surface area contributed by atoms with Crippen molar-refractivity contribution in [2.75, 3.05) is 0 Å². The monoisotopic (exact) mass is 313 g/mol. The van der Waals surface area contributed by atoms with Crippen LogP contribution in [-0.4, -0.2) is 15.6 Å². The number of nitrogens with two attached hydrogens (primary N) is 1. The zero-order valence-corrected chi connectivity index (χ0v) is 12.6. The Bertz CT molecular complexity index is 732. The Hall–Kier alpha value is -2.18. The van der Waals surface area contributed by atoms with Gasteiger partial charge in [0, 0.05) is 16.6 Å². The smallest absolute Gasteiger partial charge is 0.409 e. The average Bonchev–Trinajstić information content (AvgIpc) is 2.78. The predicted molar refractivity (Wildman–Crippen MR) is 79.2 cm³/mol. The Balaban J connectivity index is 2.82. The van der Waals surface area contributed by atoms with E-state index in [0.717, 1.165) is 0 Å². The largest absolute Gasteiger partial charge is 0.417 e. The third kappa shape index (κ3) is 2.51. The highest BCUT2D eigenvalue weighted by molar-refractivity contribution is 5.90. The number of alkyl halides is 3. The molecule has 0 fully saturated rings. The molecule has 7 heteroatoms. The van der Waals surface area contributed by atoms with Gasteiger partial charge in [-0.05, 0) is 38.0 Å². The summed E-state index contributed by atoms with van der Waals surface area (Å²) in [4.78, 5) is 0. The normalized spacial score (nSPS) is 14.5. The summed E-state index contributed by atoms with van der Waals surface area (Å²) in [7, 11) is 0. The van der Waals surface area contributed by atoms with Gasteiger partial charge in [-0.3, -0.25) is 0 Å². The molecule has 0 aliphatic carbocycles. The van der Waals surface area contributed by atoms with Crippen LogP contribution in [0.2, 0.25) is 0 Å². The standard InChI is InChI=1S/C15H18F3N3O/c1-4-10-5-6-12-11(13(10)15(16,17)18)7-8(2)21(12)9(3)14(19)20-22/h5-7,9,22H,4H2,1-3H3,(H2,19,20). The van der Waals surface area contributed by atoms with Gasteiger partial charge in [-0.25, -0.2) is 0 Å². The van der Waals surface area contributed by atoms with Crippen LogP contribution in [0.1, 0.15) is 36.7 Å². The van der Waals surface area contributed by atoms with E-state index in [2.05, 4.69) is 5.16 Å². The van der Waals surface area contributed by atoms with E-state index in [4.69, 9.17) is 10.9 Å². The molecule has 0 radical (unpaired) electrons. The number of halogens is 3. The zero-order valence-electron chi connectivity index (χ0n) is 12.6. The summed E-state index contributed by atoms with van der Waals surface area (Å²) in [5, 5.41) is 11.9. The quantitative estimate of drug-likeness (QED) is 0.391. The van der Waals surface area contributed by atoms with Crippen molar-refractivity contribution in [1.82, 2.24) is 4.57 Å². The predicted octanol–water partition coefficient (Wildman–Crippen LogP) is 3.84. The molecule has 1 unspecified atom stereocenters. The third-order valence-electron chi connectivity index (χ3n) is 3.90. The molecule has 0 amide bonds. The minimum Gasteiger partial charge on any atom is -0.409 e. The SMILES string of the molecule is CCc1ccc2c(cc(C)n2C(C)/C(N)=N/O)c1C(F)(F)F. The lowest BCUT2D eigenvalue weighted by atomic mass is 10.0. The van der Waals surface area contributed by atoms with Gasteiger partial charge in [0.1, 0.15) is 0 Å². The van der Waals surface area contributed by atoms with Crippen LogP contribution < -0.4 is 5.73 Å². The highest BCUT2D eigenvalue weighted by Gasteiger charge is 2.36. The molecule has 3 N–H and O–H groups in total.